The van der Waals surface area contributed by atoms with Crippen molar-refractivity contribution in [3.8, 4) is 0 Å². The summed E-state index contributed by atoms with van der Waals surface area (Å²) < 4.78 is 1.85. The van der Waals surface area contributed by atoms with Crippen molar-refractivity contribution in [2.75, 3.05) is 5.32 Å². The predicted octanol–water partition coefficient (Wildman–Crippen LogP) is 3.77. The molecule has 3 rings (SSSR count). The van der Waals surface area contributed by atoms with Crippen molar-refractivity contribution in [1.82, 2.24) is 19.6 Å². The van der Waals surface area contributed by atoms with Crippen molar-refractivity contribution in [3.63, 3.8) is 0 Å². The third-order valence-corrected chi connectivity index (χ3v) is 5.23. The van der Waals surface area contributed by atoms with E-state index in [-0.39, 0.29) is 5.41 Å². The minimum absolute atomic E-state index is 0.0525. The van der Waals surface area contributed by atoms with Gasteiger partial charge in [-0.2, -0.15) is 0 Å². The molecule has 0 radical (unpaired) electrons. The van der Waals surface area contributed by atoms with Crippen LogP contribution in [0.25, 0.3) is 4.96 Å². The zero-order valence-electron chi connectivity index (χ0n) is 12.9. The highest BCUT2D eigenvalue weighted by molar-refractivity contribution is 7.20. The molecule has 0 spiro atoms. The van der Waals surface area contributed by atoms with Gasteiger partial charge in [0.25, 0.3) is 0 Å². The lowest BCUT2D eigenvalue weighted by molar-refractivity contribution is 0.572. The zero-order valence-corrected chi connectivity index (χ0v) is 14.5. The van der Waals surface area contributed by atoms with E-state index in [1.165, 1.54) is 4.88 Å². The summed E-state index contributed by atoms with van der Waals surface area (Å²) in [5.41, 5.74) is 2.23. The van der Waals surface area contributed by atoms with Crippen molar-refractivity contribution in [1.29, 1.82) is 0 Å². The van der Waals surface area contributed by atoms with Gasteiger partial charge in [0, 0.05) is 10.3 Å². The molecule has 0 aromatic carbocycles. The average Bonchev–Trinajstić information content (AvgIpc) is 2.99. The molecule has 0 saturated carbocycles. The number of aryl methyl sites for hydroxylation is 2. The van der Waals surface area contributed by atoms with Gasteiger partial charge in [0.1, 0.15) is 5.01 Å². The molecule has 0 atom stereocenters. The van der Waals surface area contributed by atoms with Crippen LogP contribution in [0.2, 0.25) is 0 Å². The van der Waals surface area contributed by atoms with Gasteiger partial charge in [0.2, 0.25) is 10.1 Å². The Hall–Kier alpha value is -1.47. The average molecular weight is 321 g/mol. The van der Waals surface area contributed by atoms with E-state index >= 15 is 0 Å². The molecule has 0 bridgehead atoms. The van der Waals surface area contributed by atoms with Crippen LogP contribution in [0.3, 0.4) is 0 Å². The fourth-order valence-electron chi connectivity index (χ4n) is 1.90. The first-order valence-electron chi connectivity index (χ1n) is 6.86. The lowest BCUT2D eigenvalue weighted by atomic mass is 9.93. The molecule has 1 N–H and O–H groups in total. The molecule has 0 unspecified atom stereocenters. The Balaban J connectivity index is 1.74. The van der Waals surface area contributed by atoms with Gasteiger partial charge in [0.05, 0.1) is 24.1 Å². The number of nitrogens with one attached hydrogen (secondary N) is 1. The highest BCUT2D eigenvalue weighted by atomic mass is 32.1. The summed E-state index contributed by atoms with van der Waals surface area (Å²) in [7, 11) is 0. The maximum Gasteiger partial charge on any atom is 0.214 e. The molecule has 3 heterocycles. The minimum Gasteiger partial charge on any atom is -0.354 e. The van der Waals surface area contributed by atoms with Crippen molar-refractivity contribution >= 4 is 32.8 Å². The van der Waals surface area contributed by atoms with Crippen LogP contribution >= 0.6 is 22.7 Å². The number of aromatic nitrogens is 4. The fraction of sp³-hybridized carbons (Fsp3) is 0.500. The monoisotopic (exact) mass is 321 g/mol. The van der Waals surface area contributed by atoms with Gasteiger partial charge in [-0.1, -0.05) is 32.1 Å². The highest BCUT2D eigenvalue weighted by Gasteiger charge is 2.19. The van der Waals surface area contributed by atoms with Gasteiger partial charge in [-0.25, -0.2) is 14.5 Å². The maximum atomic E-state index is 4.64. The summed E-state index contributed by atoms with van der Waals surface area (Å²) in [6.07, 6.45) is 2.01. The molecule has 0 aliphatic rings. The number of anilines is 1. The number of rotatable bonds is 3. The molecule has 7 heteroatoms. The highest BCUT2D eigenvalue weighted by Crippen LogP contribution is 2.26. The fourth-order valence-corrected chi connectivity index (χ4v) is 3.55. The first-order chi connectivity index (χ1) is 9.83. The molecule has 0 aliphatic heterocycles. The van der Waals surface area contributed by atoms with Crippen molar-refractivity contribution < 1.29 is 0 Å². The van der Waals surface area contributed by atoms with Crippen LogP contribution in [-0.4, -0.2) is 19.6 Å². The van der Waals surface area contributed by atoms with Crippen LogP contribution in [-0.2, 0) is 12.0 Å². The normalized spacial score (nSPS) is 12.2. The molecule has 3 aromatic rings. The third-order valence-electron chi connectivity index (χ3n) is 3.28. The lowest BCUT2D eigenvalue weighted by Gasteiger charge is -2.13. The number of fused-ring (bicyclic) bond motifs is 1. The zero-order chi connectivity index (χ0) is 15.2. The van der Waals surface area contributed by atoms with Gasteiger partial charge in [-0.05, 0) is 13.8 Å². The standard InChI is InChI=1S/C14H19N5S2/c1-8-9(2)20-11(16-8)6-15-12-18-19-7-10(14(3,4)5)17-13(19)21-12/h7H,6H2,1-5H3,(H,15,18). The SMILES string of the molecule is Cc1nc(CNc2nn3cc(C(C)(C)C)nc3s2)sc1C. The van der Waals surface area contributed by atoms with Gasteiger partial charge < -0.3 is 5.32 Å². The Morgan fingerprint density at radius 3 is 2.52 bits per heavy atom. The van der Waals surface area contributed by atoms with E-state index < -0.39 is 0 Å². The third kappa shape index (κ3) is 2.94. The van der Waals surface area contributed by atoms with E-state index in [0.717, 1.165) is 26.5 Å². The predicted molar refractivity (Wildman–Crippen MR) is 88.5 cm³/mol. The van der Waals surface area contributed by atoms with E-state index in [9.17, 15) is 0 Å². The molecule has 21 heavy (non-hydrogen) atoms. The van der Waals surface area contributed by atoms with Crippen LogP contribution in [0, 0.1) is 13.8 Å². The van der Waals surface area contributed by atoms with Crippen LogP contribution in [0.4, 0.5) is 5.13 Å². The number of hydrogen-bond acceptors (Lipinski definition) is 6. The minimum atomic E-state index is 0.0525. The van der Waals surface area contributed by atoms with Crippen LogP contribution in [0.15, 0.2) is 6.20 Å². The van der Waals surface area contributed by atoms with E-state index in [0.29, 0.717) is 6.54 Å². The van der Waals surface area contributed by atoms with Crippen LogP contribution in [0.5, 0.6) is 0 Å². The van der Waals surface area contributed by atoms with Gasteiger partial charge >= 0.3 is 0 Å². The summed E-state index contributed by atoms with van der Waals surface area (Å²) in [4.78, 5) is 11.4. The Morgan fingerprint density at radius 1 is 1.19 bits per heavy atom. The molecule has 0 saturated heterocycles. The Bertz CT molecular complexity index is 724. The summed E-state index contributed by atoms with van der Waals surface area (Å²) in [6, 6.07) is 0. The maximum absolute atomic E-state index is 4.64. The molecule has 0 amide bonds. The smallest absolute Gasteiger partial charge is 0.214 e. The van der Waals surface area contributed by atoms with Crippen LogP contribution in [0.1, 0.15) is 42.0 Å². The van der Waals surface area contributed by atoms with E-state index in [4.69, 9.17) is 0 Å². The van der Waals surface area contributed by atoms with Gasteiger partial charge in [-0.15, -0.1) is 16.4 Å². The first-order valence-corrected chi connectivity index (χ1v) is 8.50. The lowest BCUT2D eigenvalue weighted by Crippen LogP contribution is -2.11. The second-order valence-electron chi connectivity index (χ2n) is 6.11. The van der Waals surface area contributed by atoms with E-state index in [1.54, 1.807) is 22.7 Å². The Morgan fingerprint density at radius 2 is 1.95 bits per heavy atom. The Kier molecular flexibility index (Phi) is 3.49. The number of hydrogen-bond donors (Lipinski definition) is 1. The number of imidazole rings is 1. The molecule has 0 aliphatic carbocycles. The van der Waals surface area contributed by atoms with E-state index in [1.807, 2.05) is 17.6 Å². The molecule has 3 aromatic heterocycles. The topological polar surface area (TPSA) is 55.1 Å². The number of nitrogens with zero attached hydrogens (tertiary/aromatic N) is 4. The second-order valence-corrected chi connectivity index (χ2v) is 8.36. The molecular weight excluding hydrogens is 302 g/mol. The summed E-state index contributed by atoms with van der Waals surface area (Å²) >= 11 is 3.30. The largest absolute Gasteiger partial charge is 0.354 e. The molecular formula is C14H19N5S2. The van der Waals surface area contributed by atoms with E-state index in [2.05, 4.69) is 48.1 Å². The van der Waals surface area contributed by atoms with Crippen LogP contribution < -0.4 is 5.32 Å². The first kappa shape index (κ1) is 14.5. The number of thiazole rings is 1. The molecule has 0 fully saturated rings. The quantitative estimate of drug-likeness (QED) is 0.798. The Labute approximate surface area is 132 Å². The van der Waals surface area contributed by atoms with Gasteiger partial charge in [-0.3, -0.25) is 0 Å². The van der Waals surface area contributed by atoms with Crippen molar-refractivity contribution in [2.24, 2.45) is 0 Å². The van der Waals surface area contributed by atoms with Crippen molar-refractivity contribution in [3.05, 3.63) is 27.5 Å². The molecule has 5 nitrogen and oxygen atoms in total. The summed E-state index contributed by atoms with van der Waals surface area (Å²) in [6.45, 7) is 11.3. The summed E-state index contributed by atoms with van der Waals surface area (Å²) in [5.74, 6) is 0. The van der Waals surface area contributed by atoms with Crippen molar-refractivity contribution in [2.45, 2.75) is 46.6 Å². The summed E-state index contributed by atoms with van der Waals surface area (Å²) in [5, 5.41) is 9.83. The molecule has 112 valence electrons. The second kappa shape index (κ2) is 5.06. The van der Waals surface area contributed by atoms with Gasteiger partial charge in [0.15, 0.2) is 0 Å².